The molecule has 1 aromatic heterocycles. The van der Waals surface area contributed by atoms with Crippen LogP contribution < -0.4 is 5.32 Å². The van der Waals surface area contributed by atoms with Crippen LogP contribution in [0.25, 0.3) is 0 Å². The lowest BCUT2D eigenvalue weighted by Crippen LogP contribution is -2.13. The Labute approximate surface area is 111 Å². The summed E-state index contributed by atoms with van der Waals surface area (Å²) in [6.45, 7) is 3.33. The van der Waals surface area contributed by atoms with Crippen LogP contribution in [0.2, 0.25) is 0 Å². The third-order valence-corrected chi connectivity index (χ3v) is 2.93. The maximum atomic E-state index is 10.9. The molecule has 0 saturated heterocycles. The van der Waals surface area contributed by atoms with Crippen molar-refractivity contribution in [2.45, 2.75) is 20.0 Å². The van der Waals surface area contributed by atoms with E-state index in [1.807, 2.05) is 26.2 Å². The molecule has 0 bridgehead atoms. The fourth-order valence-corrected chi connectivity index (χ4v) is 1.98. The number of nitrogens with one attached hydrogen (secondary N) is 1. The topological polar surface area (TPSA) is 67.2 Å². The number of aromatic carboxylic acids is 1. The number of hydrogen-bond donors (Lipinski definition) is 2. The number of aryl methyl sites for hydroxylation is 2. The highest BCUT2D eigenvalue weighted by atomic mass is 16.4. The highest BCUT2D eigenvalue weighted by Crippen LogP contribution is 2.07. The van der Waals surface area contributed by atoms with Crippen LogP contribution in [-0.2, 0) is 20.1 Å². The number of carbonyl (C=O) groups is 1. The molecule has 2 N–H and O–H groups in total. The van der Waals surface area contributed by atoms with Gasteiger partial charge in [-0.3, -0.25) is 4.68 Å². The van der Waals surface area contributed by atoms with E-state index in [4.69, 9.17) is 5.11 Å². The summed E-state index contributed by atoms with van der Waals surface area (Å²) in [5.74, 6) is -0.898. The van der Waals surface area contributed by atoms with Gasteiger partial charge in [0.25, 0.3) is 0 Å². The SMILES string of the molecule is Cc1nn(C)cc1CNCc1cccc(C(=O)O)c1. The molecule has 0 saturated carbocycles. The van der Waals surface area contributed by atoms with Crippen LogP contribution in [0.5, 0.6) is 0 Å². The van der Waals surface area contributed by atoms with Gasteiger partial charge >= 0.3 is 5.97 Å². The molecule has 19 heavy (non-hydrogen) atoms. The largest absolute Gasteiger partial charge is 0.478 e. The Bertz CT molecular complexity index is 590. The summed E-state index contributed by atoms with van der Waals surface area (Å²) in [4.78, 5) is 10.9. The summed E-state index contributed by atoms with van der Waals surface area (Å²) in [5.41, 5.74) is 3.43. The number of carboxylic acids is 1. The summed E-state index contributed by atoms with van der Waals surface area (Å²) in [6.07, 6.45) is 1.98. The van der Waals surface area contributed by atoms with Crippen molar-refractivity contribution in [1.82, 2.24) is 15.1 Å². The molecule has 5 nitrogen and oxygen atoms in total. The van der Waals surface area contributed by atoms with Gasteiger partial charge in [-0.15, -0.1) is 0 Å². The van der Waals surface area contributed by atoms with E-state index in [1.165, 1.54) is 0 Å². The molecule has 2 aromatic rings. The zero-order chi connectivity index (χ0) is 13.8. The van der Waals surface area contributed by atoms with Crippen LogP contribution in [0.1, 0.15) is 27.2 Å². The molecule has 0 unspecified atom stereocenters. The smallest absolute Gasteiger partial charge is 0.335 e. The molecule has 0 aliphatic rings. The quantitative estimate of drug-likeness (QED) is 0.858. The van der Waals surface area contributed by atoms with Crippen LogP contribution in [0.3, 0.4) is 0 Å². The van der Waals surface area contributed by atoms with E-state index < -0.39 is 5.97 Å². The molecular formula is C14H17N3O2. The van der Waals surface area contributed by atoms with E-state index in [-0.39, 0.29) is 0 Å². The van der Waals surface area contributed by atoms with E-state index in [2.05, 4.69) is 10.4 Å². The van der Waals surface area contributed by atoms with Gasteiger partial charge < -0.3 is 10.4 Å². The number of rotatable bonds is 5. The van der Waals surface area contributed by atoms with E-state index >= 15 is 0 Å². The van der Waals surface area contributed by atoms with Crippen LogP contribution in [0, 0.1) is 6.92 Å². The van der Waals surface area contributed by atoms with Crippen LogP contribution in [-0.4, -0.2) is 20.9 Å². The van der Waals surface area contributed by atoms with Gasteiger partial charge in [-0.05, 0) is 24.6 Å². The predicted molar refractivity (Wildman–Crippen MR) is 71.9 cm³/mol. The minimum absolute atomic E-state index is 0.317. The number of hydrogen-bond acceptors (Lipinski definition) is 3. The molecule has 0 aliphatic carbocycles. The van der Waals surface area contributed by atoms with Crippen molar-refractivity contribution in [2.75, 3.05) is 0 Å². The molecule has 100 valence electrons. The fourth-order valence-electron chi connectivity index (χ4n) is 1.98. The van der Waals surface area contributed by atoms with E-state index in [0.29, 0.717) is 12.1 Å². The second-order valence-electron chi connectivity index (χ2n) is 4.52. The minimum atomic E-state index is -0.898. The van der Waals surface area contributed by atoms with Crippen molar-refractivity contribution in [3.05, 3.63) is 52.8 Å². The summed E-state index contributed by atoms with van der Waals surface area (Å²) >= 11 is 0. The first-order chi connectivity index (χ1) is 9.06. The summed E-state index contributed by atoms with van der Waals surface area (Å²) in [5, 5.41) is 16.5. The lowest BCUT2D eigenvalue weighted by Gasteiger charge is -2.05. The van der Waals surface area contributed by atoms with Crippen LogP contribution in [0.15, 0.2) is 30.5 Å². The van der Waals surface area contributed by atoms with Gasteiger partial charge in [0, 0.05) is 31.9 Å². The molecule has 0 atom stereocenters. The van der Waals surface area contributed by atoms with E-state index in [0.717, 1.165) is 23.4 Å². The second kappa shape index (κ2) is 5.67. The van der Waals surface area contributed by atoms with Crippen LogP contribution >= 0.6 is 0 Å². The first kappa shape index (κ1) is 13.3. The van der Waals surface area contributed by atoms with Crippen molar-refractivity contribution in [2.24, 2.45) is 7.05 Å². The molecule has 1 aromatic carbocycles. The molecule has 0 amide bonds. The number of aromatic nitrogens is 2. The van der Waals surface area contributed by atoms with Gasteiger partial charge in [0.2, 0.25) is 0 Å². The first-order valence-electron chi connectivity index (χ1n) is 6.08. The highest BCUT2D eigenvalue weighted by Gasteiger charge is 2.04. The zero-order valence-corrected chi connectivity index (χ0v) is 11.1. The van der Waals surface area contributed by atoms with Gasteiger partial charge in [0.1, 0.15) is 0 Å². The van der Waals surface area contributed by atoms with Crippen molar-refractivity contribution < 1.29 is 9.90 Å². The van der Waals surface area contributed by atoms with Gasteiger partial charge in [0.05, 0.1) is 11.3 Å². The molecule has 0 aliphatic heterocycles. The molecular weight excluding hydrogens is 242 g/mol. The summed E-state index contributed by atoms with van der Waals surface area (Å²) < 4.78 is 1.79. The predicted octanol–water partition coefficient (Wildman–Crippen LogP) is 1.72. The van der Waals surface area contributed by atoms with Crippen LogP contribution in [0.4, 0.5) is 0 Å². The average Bonchev–Trinajstić information content (AvgIpc) is 2.68. The summed E-state index contributed by atoms with van der Waals surface area (Å²) in [6, 6.07) is 6.95. The maximum Gasteiger partial charge on any atom is 0.335 e. The number of benzene rings is 1. The third-order valence-electron chi connectivity index (χ3n) is 2.93. The Kier molecular flexibility index (Phi) is 3.97. The van der Waals surface area contributed by atoms with Crippen molar-refractivity contribution in [3.63, 3.8) is 0 Å². The number of carboxylic acid groups (broad SMARTS) is 1. The Balaban J connectivity index is 1.94. The normalized spacial score (nSPS) is 10.6. The van der Waals surface area contributed by atoms with E-state index in [9.17, 15) is 4.79 Å². The minimum Gasteiger partial charge on any atom is -0.478 e. The van der Waals surface area contributed by atoms with E-state index in [1.54, 1.807) is 22.9 Å². The van der Waals surface area contributed by atoms with Gasteiger partial charge in [-0.2, -0.15) is 5.10 Å². The Morgan fingerprint density at radius 1 is 1.42 bits per heavy atom. The molecule has 0 radical (unpaired) electrons. The molecule has 0 fully saturated rings. The lowest BCUT2D eigenvalue weighted by atomic mass is 10.1. The Morgan fingerprint density at radius 2 is 2.21 bits per heavy atom. The maximum absolute atomic E-state index is 10.9. The first-order valence-corrected chi connectivity index (χ1v) is 6.08. The fraction of sp³-hybridized carbons (Fsp3) is 0.286. The number of nitrogens with zero attached hydrogens (tertiary/aromatic N) is 2. The highest BCUT2D eigenvalue weighted by molar-refractivity contribution is 5.87. The molecule has 5 heteroatoms. The molecule has 2 rings (SSSR count). The second-order valence-corrected chi connectivity index (χ2v) is 4.52. The lowest BCUT2D eigenvalue weighted by molar-refractivity contribution is 0.0696. The van der Waals surface area contributed by atoms with Gasteiger partial charge in [-0.1, -0.05) is 12.1 Å². The Morgan fingerprint density at radius 3 is 2.84 bits per heavy atom. The van der Waals surface area contributed by atoms with Gasteiger partial charge in [-0.25, -0.2) is 4.79 Å². The Hall–Kier alpha value is -2.14. The third kappa shape index (κ3) is 3.42. The van der Waals surface area contributed by atoms with Gasteiger partial charge in [0.15, 0.2) is 0 Å². The summed E-state index contributed by atoms with van der Waals surface area (Å²) in [7, 11) is 1.90. The van der Waals surface area contributed by atoms with Crippen molar-refractivity contribution in [3.8, 4) is 0 Å². The molecule has 1 heterocycles. The van der Waals surface area contributed by atoms with Crippen molar-refractivity contribution in [1.29, 1.82) is 0 Å². The zero-order valence-electron chi connectivity index (χ0n) is 11.1. The standard InChI is InChI=1S/C14H17N3O2/c1-10-13(9-17(2)16-10)8-15-7-11-4-3-5-12(6-11)14(18)19/h3-6,9,15H,7-8H2,1-2H3,(H,18,19). The molecule has 0 spiro atoms. The monoisotopic (exact) mass is 259 g/mol. The van der Waals surface area contributed by atoms with Crippen molar-refractivity contribution >= 4 is 5.97 Å². The average molecular weight is 259 g/mol.